The molecule has 0 aromatic rings. The maximum atomic E-state index is 9.47. The molecule has 3 heteroatoms. The molecule has 3 nitrogen and oxygen atoms in total. The highest BCUT2D eigenvalue weighted by Gasteiger charge is 2.37. The molecule has 1 saturated carbocycles. The zero-order valence-electron chi connectivity index (χ0n) is 11.5. The topological polar surface area (TPSA) is 26.7 Å². The standard InChI is InChI=1S/C14H28N2O/c1-15-8-4-13(10-15)5-9-16(2)11-14(12-17)6-3-7-14/h13,17H,3-12H2,1-2H3. The van der Waals surface area contributed by atoms with Crippen molar-refractivity contribution in [3.63, 3.8) is 0 Å². The highest BCUT2D eigenvalue weighted by molar-refractivity contribution is 4.89. The van der Waals surface area contributed by atoms with Gasteiger partial charge in [0.15, 0.2) is 0 Å². The number of aliphatic hydroxyl groups excluding tert-OH is 1. The Morgan fingerprint density at radius 2 is 2.18 bits per heavy atom. The second-order valence-corrected chi connectivity index (χ2v) is 6.46. The molecule has 2 aliphatic rings. The molecule has 1 unspecified atom stereocenters. The Balaban J connectivity index is 1.65. The number of rotatable bonds is 6. The summed E-state index contributed by atoms with van der Waals surface area (Å²) in [5, 5.41) is 9.47. The maximum Gasteiger partial charge on any atom is 0.0499 e. The van der Waals surface area contributed by atoms with Crippen LogP contribution in [0.25, 0.3) is 0 Å². The minimum atomic E-state index is 0.251. The van der Waals surface area contributed by atoms with Gasteiger partial charge in [-0.05, 0) is 58.8 Å². The van der Waals surface area contributed by atoms with Gasteiger partial charge in [-0.1, -0.05) is 6.42 Å². The van der Waals surface area contributed by atoms with Crippen molar-refractivity contribution in [2.24, 2.45) is 11.3 Å². The lowest BCUT2D eigenvalue weighted by Crippen LogP contribution is -2.44. The lowest BCUT2D eigenvalue weighted by Gasteiger charge is -2.43. The molecule has 1 saturated heterocycles. The lowest BCUT2D eigenvalue weighted by molar-refractivity contribution is 0.0136. The molecule has 17 heavy (non-hydrogen) atoms. The average molecular weight is 240 g/mol. The molecule has 0 spiro atoms. The highest BCUT2D eigenvalue weighted by atomic mass is 16.3. The lowest BCUT2D eigenvalue weighted by atomic mass is 9.69. The Kier molecular flexibility index (Phi) is 4.45. The second-order valence-electron chi connectivity index (χ2n) is 6.46. The van der Waals surface area contributed by atoms with Gasteiger partial charge in [0.05, 0.1) is 0 Å². The Hall–Kier alpha value is -0.120. The van der Waals surface area contributed by atoms with Crippen LogP contribution in [0.5, 0.6) is 0 Å². The summed E-state index contributed by atoms with van der Waals surface area (Å²) in [5.41, 5.74) is 0.251. The van der Waals surface area contributed by atoms with Crippen molar-refractivity contribution in [2.75, 3.05) is 46.9 Å². The van der Waals surface area contributed by atoms with Crippen molar-refractivity contribution in [1.82, 2.24) is 9.80 Å². The van der Waals surface area contributed by atoms with Gasteiger partial charge in [0.2, 0.25) is 0 Å². The number of hydrogen-bond donors (Lipinski definition) is 1. The van der Waals surface area contributed by atoms with E-state index in [1.54, 1.807) is 0 Å². The summed E-state index contributed by atoms with van der Waals surface area (Å²) in [4.78, 5) is 4.87. The third-order valence-corrected chi connectivity index (χ3v) is 4.76. The molecule has 1 aliphatic heterocycles. The first-order valence-electron chi connectivity index (χ1n) is 7.11. The fourth-order valence-corrected chi connectivity index (χ4v) is 3.36. The van der Waals surface area contributed by atoms with Crippen LogP contribution in [0.4, 0.5) is 0 Å². The van der Waals surface area contributed by atoms with E-state index in [1.807, 2.05) is 0 Å². The summed E-state index contributed by atoms with van der Waals surface area (Å²) >= 11 is 0. The van der Waals surface area contributed by atoms with Gasteiger partial charge in [-0.2, -0.15) is 0 Å². The Labute approximate surface area is 106 Å². The molecule has 0 aromatic carbocycles. The average Bonchev–Trinajstić information content (AvgIpc) is 2.67. The second kappa shape index (κ2) is 5.68. The molecule has 0 radical (unpaired) electrons. The van der Waals surface area contributed by atoms with Crippen LogP contribution >= 0.6 is 0 Å². The molecule has 1 aliphatic carbocycles. The van der Waals surface area contributed by atoms with E-state index in [2.05, 4.69) is 23.9 Å². The van der Waals surface area contributed by atoms with E-state index in [0.29, 0.717) is 6.61 Å². The van der Waals surface area contributed by atoms with Crippen molar-refractivity contribution in [2.45, 2.75) is 32.1 Å². The van der Waals surface area contributed by atoms with Crippen LogP contribution in [0.15, 0.2) is 0 Å². The molecular formula is C14H28N2O. The normalized spacial score (nSPS) is 28.6. The van der Waals surface area contributed by atoms with Crippen molar-refractivity contribution in [3.05, 3.63) is 0 Å². The number of likely N-dealkylation sites (tertiary alicyclic amines) is 1. The Morgan fingerprint density at radius 3 is 2.65 bits per heavy atom. The van der Waals surface area contributed by atoms with Gasteiger partial charge < -0.3 is 14.9 Å². The van der Waals surface area contributed by atoms with Gasteiger partial charge in [-0.3, -0.25) is 0 Å². The predicted octanol–water partition coefficient (Wildman–Crippen LogP) is 1.42. The molecule has 0 bridgehead atoms. The van der Waals surface area contributed by atoms with E-state index >= 15 is 0 Å². The molecule has 1 N–H and O–H groups in total. The molecule has 1 atom stereocenters. The van der Waals surface area contributed by atoms with Crippen molar-refractivity contribution < 1.29 is 5.11 Å². The molecule has 0 amide bonds. The first-order valence-corrected chi connectivity index (χ1v) is 7.11. The van der Waals surface area contributed by atoms with E-state index in [1.165, 1.54) is 51.7 Å². The summed E-state index contributed by atoms with van der Waals surface area (Å²) < 4.78 is 0. The number of aliphatic hydroxyl groups is 1. The predicted molar refractivity (Wildman–Crippen MR) is 71.1 cm³/mol. The van der Waals surface area contributed by atoms with Gasteiger partial charge in [-0.25, -0.2) is 0 Å². The van der Waals surface area contributed by atoms with Gasteiger partial charge >= 0.3 is 0 Å². The van der Waals surface area contributed by atoms with Gasteiger partial charge in [0.25, 0.3) is 0 Å². The van der Waals surface area contributed by atoms with E-state index in [4.69, 9.17) is 0 Å². The van der Waals surface area contributed by atoms with Crippen molar-refractivity contribution in [1.29, 1.82) is 0 Å². The molecule has 2 rings (SSSR count). The monoisotopic (exact) mass is 240 g/mol. The number of hydrogen-bond acceptors (Lipinski definition) is 3. The smallest absolute Gasteiger partial charge is 0.0499 e. The Morgan fingerprint density at radius 1 is 1.41 bits per heavy atom. The largest absolute Gasteiger partial charge is 0.396 e. The first-order chi connectivity index (χ1) is 8.13. The first kappa shape index (κ1) is 13.3. The van der Waals surface area contributed by atoms with Gasteiger partial charge in [0, 0.05) is 25.1 Å². The van der Waals surface area contributed by atoms with E-state index in [0.717, 1.165) is 12.5 Å². The third-order valence-electron chi connectivity index (χ3n) is 4.76. The zero-order chi connectivity index (χ0) is 12.3. The van der Waals surface area contributed by atoms with E-state index in [9.17, 15) is 5.11 Å². The van der Waals surface area contributed by atoms with E-state index in [-0.39, 0.29) is 5.41 Å². The van der Waals surface area contributed by atoms with Crippen molar-refractivity contribution >= 4 is 0 Å². The third kappa shape index (κ3) is 3.43. The molecule has 2 fully saturated rings. The fraction of sp³-hybridized carbons (Fsp3) is 1.00. The van der Waals surface area contributed by atoms with E-state index < -0.39 is 0 Å². The zero-order valence-corrected chi connectivity index (χ0v) is 11.5. The maximum absolute atomic E-state index is 9.47. The van der Waals surface area contributed by atoms with Crippen LogP contribution in [-0.4, -0.2) is 61.8 Å². The summed E-state index contributed by atoms with van der Waals surface area (Å²) in [6.07, 6.45) is 6.44. The summed E-state index contributed by atoms with van der Waals surface area (Å²) in [6, 6.07) is 0. The molecular weight excluding hydrogens is 212 g/mol. The summed E-state index contributed by atoms with van der Waals surface area (Å²) in [7, 11) is 4.44. The highest BCUT2D eigenvalue weighted by Crippen LogP contribution is 2.40. The van der Waals surface area contributed by atoms with Crippen LogP contribution in [0, 0.1) is 11.3 Å². The molecule has 100 valence electrons. The summed E-state index contributed by atoms with van der Waals surface area (Å²) in [6.45, 7) is 5.21. The van der Waals surface area contributed by atoms with Crippen LogP contribution < -0.4 is 0 Å². The summed E-state index contributed by atoms with van der Waals surface area (Å²) in [5.74, 6) is 0.897. The fourth-order valence-electron chi connectivity index (χ4n) is 3.36. The van der Waals surface area contributed by atoms with Crippen LogP contribution in [0.1, 0.15) is 32.1 Å². The van der Waals surface area contributed by atoms with Crippen LogP contribution in [-0.2, 0) is 0 Å². The quantitative estimate of drug-likeness (QED) is 0.761. The molecule has 1 heterocycles. The Bertz CT molecular complexity index is 235. The van der Waals surface area contributed by atoms with Gasteiger partial charge in [-0.15, -0.1) is 0 Å². The van der Waals surface area contributed by atoms with Crippen molar-refractivity contribution in [3.8, 4) is 0 Å². The number of nitrogens with zero attached hydrogens (tertiary/aromatic N) is 2. The minimum absolute atomic E-state index is 0.251. The molecule has 0 aromatic heterocycles. The SMILES string of the molecule is CN1CCC(CCN(C)CC2(CO)CCC2)C1. The van der Waals surface area contributed by atoms with Gasteiger partial charge in [0.1, 0.15) is 0 Å². The van der Waals surface area contributed by atoms with Crippen LogP contribution in [0.3, 0.4) is 0 Å². The van der Waals surface area contributed by atoms with Crippen LogP contribution in [0.2, 0.25) is 0 Å². The minimum Gasteiger partial charge on any atom is -0.396 e.